The highest BCUT2D eigenvalue weighted by atomic mass is 32.2. The van der Waals surface area contributed by atoms with E-state index in [1.54, 1.807) is 12.1 Å². The van der Waals surface area contributed by atoms with Crippen LogP contribution in [0, 0.1) is 0 Å². The van der Waals surface area contributed by atoms with Crippen molar-refractivity contribution in [2.45, 2.75) is 12.7 Å². The Balaban J connectivity index is 1.83. The Morgan fingerprint density at radius 1 is 1.18 bits per heavy atom. The molecule has 3 rings (SSSR count). The molecule has 144 valence electrons. The van der Waals surface area contributed by atoms with Crippen molar-refractivity contribution in [3.8, 4) is 0 Å². The lowest BCUT2D eigenvalue weighted by Crippen LogP contribution is -2.27. The number of hydrogen-bond acceptors (Lipinski definition) is 4. The second-order valence-electron chi connectivity index (χ2n) is 5.90. The molecule has 0 aromatic heterocycles. The Morgan fingerprint density at radius 2 is 1.89 bits per heavy atom. The number of carbonyl (C=O) groups is 2. The third kappa shape index (κ3) is 4.42. The zero-order valence-corrected chi connectivity index (χ0v) is 15.7. The minimum absolute atomic E-state index is 0.0770. The fraction of sp³-hybridized carbons (Fsp3) is 0.105. The quantitative estimate of drug-likeness (QED) is 0.565. The lowest BCUT2D eigenvalue weighted by Gasteiger charge is -2.15. The van der Waals surface area contributed by atoms with Crippen LogP contribution < -0.4 is 0 Å². The normalized spacial score (nSPS) is 16.1. The van der Waals surface area contributed by atoms with E-state index in [0.717, 1.165) is 23.9 Å². The van der Waals surface area contributed by atoms with E-state index in [-0.39, 0.29) is 21.3 Å². The van der Waals surface area contributed by atoms with Gasteiger partial charge in [0.2, 0.25) is 0 Å². The summed E-state index contributed by atoms with van der Waals surface area (Å²) in [4.78, 5) is 25.2. The summed E-state index contributed by atoms with van der Waals surface area (Å²) in [6.45, 7) is -0.0822. The standard InChI is InChI=1S/C19H12F3NO3S2/c20-19(21,22)14-6-2-4-12(8-14)10-23-16(24)15(28-18(23)27)9-11-3-1-5-13(7-11)17(25)26/h1-9H,10H2,(H,25,26)/b15-9-. The van der Waals surface area contributed by atoms with Gasteiger partial charge in [0.25, 0.3) is 5.91 Å². The van der Waals surface area contributed by atoms with Gasteiger partial charge in [0.05, 0.1) is 22.6 Å². The molecule has 1 aliphatic heterocycles. The Hall–Kier alpha value is -2.65. The first kappa shape index (κ1) is 20.1. The molecule has 0 saturated carbocycles. The fourth-order valence-corrected chi connectivity index (χ4v) is 3.83. The van der Waals surface area contributed by atoms with Crippen molar-refractivity contribution >= 4 is 46.3 Å². The summed E-state index contributed by atoms with van der Waals surface area (Å²) in [6, 6.07) is 10.8. The van der Waals surface area contributed by atoms with Gasteiger partial charge < -0.3 is 5.11 Å². The average molecular weight is 423 g/mol. The van der Waals surface area contributed by atoms with E-state index in [1.165, 1.54) is 35.2 Å². The Bertz CT molecular complexity index is 1000. The second kappa shape index (κ2) is 7.76. The molecule has 0 bridgehead atoms. The molecule has 1 fully saturated rings. The number of thiocarbonyl (C=S) groups is 1. The number of alkyl halides is 3. The number of rotatable bonds is 4. The summed E-state index contributed by atoms with van der Waals surface area (Å²) in [5.41, 5.74) is 0.101. The van der Waals surface area contributed by atoms with Crippen molar-refractivity contribution < 1.29 is 27.9 Å². The first-order valence-corrected chi connectivity index (χ1v) is 9.12. The van der Waals surface area contributed by atoms with Crippen molar-refractivity contribution in [1.29, 1.82) is 0 Å². The smallest absolute Gasteiger partial charge is 0.416 e. The van der Waals surface area contributed by atoms with Gasteiger partial charge >= 0.3 is 12.1 Å². The van der Waals surface area contributed by atoms with Crippen LogP contribution in [0.2, 0.25) is 0 Å². The molecule has 1 heterocycles. The Morgan fingerprint density at radius 3 is 2.57 bits per heavy atom. The number of thioether (sulfide) groups is 1. The Labute approximate surface area is 167 Å². The lowest BCUT2D eigenvalue weighted by atomic mass is 10.1. The molecule has 2 aromatic rings. The predicted octanol–water partition coefficient (Wildman–Crippen LogP) is 4.81. The third-order valence-corrected chi connectivity index (χ3v) is 5.28. The van der Waals surface area contributed by atoms with Crippen LogP contribution in [-0.2, 0) is 17.5 Å². The Kier molecular flexibility index (Phi) is 5.57. The number of carboxylic acids is 1. The van der Waals surface area contributed by atoms with Gasteiger partial charge in [0.15, 0.2) is 0 Å². The highest BCUT2D eigenvalue weighted by Gasteiger charge is 2.33. The third-order valence-electron chi connectivity index (χ3n) is 3.90. The van der Waals surface area contributed by atoms with Crippen LogP contribution in [0.25, 0.3) is 6.08 Å². The molecule has 2 aromatic carbocycles. The second-order valence-corrected chi connectivity index (χ2v) is 7.57. The molecule has 0 unspecified atom stereocenters. The molecular weight excluding hydrogens is 411 g/mol. The van der Waals surface area contributed by atoms with Crippen LogP contribution in [0.3, 0.4) is 0 Å². The number of nitrogens with zero attached hydrogens (tertiary/aromatic N) is 1. The zero-order chi connectivity index (χ0) is 20.5. The van der Waals surface area contributed by atoms with Gasteiger partial charge in [0, 0.05) is 0 Å². The van der Waals surface area contributed by atoms with Crippen LogP contribution in [-0.4, -0.2) is 26.2 Å². The number of halogens is 3. The molecule has 9 heteroatoms. The summed E-state index contributed by atoms with van der Waals surface area (Å²) in [6.07, 6.45) is -2.96. The molecule has 1 N–H and O–H groups in total. The molecule has 1 amide bonds. The van der Waals surface area contributed by atoms with Gasteiger partial charge in [-0.2, -0.15) is 13.2 Å². The van der Waals surface area contributed by atoms with E-state index in [4.69, 9.17) is 17.3 Å². The highest BCUT2D eigenvalue weighted by Crippen LogP contribution is 2.35. The van der Waals surface area contributed by atoms with Crippen molar-refractivity contribution in [3.63, 3.8) is 0 Å². The molecule has 1 aliphatic rings. The van der Waals surface area contributed by atoms with Crippen LogP contribution in [0.5, 0.6) is 0 Å². The van der Waals surface area contributed by atoms with E-state index in [2.05, 4.69) is 0 Å². The SMILES string of the molecule is O=C(O)c1cccc(/C=C2\SC(=S)N(Cc3cccc(C(F)(F)F)c3)C2=O)c1. The molecule has 0 radical (unpaired) electrons. The van der Waals surface area contributed by atoms with Crippen LogP contribution in [0.1, 0.15) is 27.0 Å². The van der Waals surface area contributed by atoms with Crippen molar-refractivity contribution in [1.82, 2.24) is 4.90 Å². The van der Waals surface area contributed by atoms with Gasteiger partial charge in [0.1, 0.15) is 4.32 Å². The monoisotopic (exact) mass is 423 g/mol. The zero-order valence-electron chi connectivity index (χ0n) is 14.1. The predicted molar refractivity (Wildman–Crippen MR) is 104 cm³/mol. The number of aromatic carboxylic acids is 1. The maximum Gasteiger partial charge on any atom is 0.416 e. The van der Waals surface area contributed by atoms with Crippen molar-refractivity contribution in [2.24, 2.45) is 0 Å². The van der Waals surface area contributed by atoms with E-state index < -0.39 is 23.6 Å². The van der Waals surface area contributed by atoms with E-state index >= 15 is 0 Å². The fourth-order valence-electron chi connectivity index (χ4n) is 2.58. The maximum atomic E-state index is 12.9. The molecule has 4 nitrogen and oxygen atoms in total. The lowest BCUT2D eigenvalue weighted by molar-refractivity contribution is -0.137. The maximum absolute atomic E-state index is 12.9. The number of carbonyl (C=O) groups excluding carboxylic acids is 1. The van der Waals surface area contributed by atoms with Gasteiger partial charge in [-0.1, -0.05) is 48.2 Å². The van der Waals surface area contributed by atoms with Crippen LogP contribution >= 0.6 is 24.0 Å². The topological polar surface area (TPSA) is 57.6 Å². The van der Waals surface area contributed by atoms with Crippen molar-refractivity contribution in [2.75, 3.05) is 0 Å². The van der Waals surface area contributed by atoms with Gasteiger partial charge in [-0.3, -0.25) is 9.69 Å². The average Bonchev–Trinajstić information content (AvgIpc) is 2.89. The molecule has 1 saturated heterocycles. The van der Waals surface area contributed by atoms with Gasteiger partial charge in [-0.25, -0.2) is 4.79 Å². The molecule has 0 spiro atoms. The summed E-state index contributed by atoms with van der Waals surface area (Å²) in [5.74, 6) is -1.53. The number of carboxylic acid groups (broad SMARTS) is 1. The number of benzene rings is 2. The summed E-state index contributed by atoms with van der Waals surface area (Å²) >= 11 is 6.21. The van der Waals surface area contributed by atoms with Crippen LogP contribution in [0.15, 0.2) is 53.4 Å². The van der Waals surface area contributed by atoms with Gasteiger partial charge in [-0.15, -0.1) is 0 Å². The summed E-state index contributed by atoms with van der Waals surface area (Å²) < 4.78 is 38.8. The molecule has 0 aliphatic carbocycles. The number of amides is 1. The number of hydrogen-bond donors (Lipinski definition) is 1. The summed E-state index contributed by atoms with van der Waals surface area (Å²) in [5, 5.41) is 9.05. The van der Waals surface area contributed by atoms with Gasteiger partial charge in [-0.05, 0) is 41.5 Å². The minimum Gasteiger partial charge on any atom is -0.478 e. The molecule has 28 heavy (non-hydrogen) atoms. The minimum atomic E-state index is -4.47. The highest BCUT2D eigenvalue weighted by molar-refractivity contribution is 8.26. The van der Waals surface area contributed by atoms with Crippen LogP contribution in [0.4, 0.5) is 13.2 Å². The van der Waals surface area contributed by atoms with E-state index in [0.29, 0.717) is 11.1 Å². The first-order chi connectivity index (χ1) is 13.1. The first-order valence-electron chi connectivity index (χ1n) is 7.90. The van der Waals surface area contributed by atoms with Crippen molar-refractivity contribution in [3.05, 3.63) is 75.7 Å². The summed E-state index contributed by atoms with van der Waals surface area (Å²) in [7, 11) is 0. The largest absolute Gasteiger partial charge is 0.478 e. The molecular formula is C19H12F3NO3S2. The molecule has 0 atom stereocenters. The van der Waals surface area contributed by atoms with E-state index in [1.807, 2.05) is 0 Å². The van der Waals surface area contributed by atoms with E-state index in [9.17, 15) is 22.8 Å².